The third-order valence-electron chi connectivity index (χ3n) is 4.59. The summed E-state index contributed by atoms with van der Waals surface area (Å²) >= 11 is 1.89. The highest BCUT2D eigenvalue weighted by atomic mass is 32.2. The van der Waals surface area contributed by atoms with Crippen LogP contribution in [0.3, 0.4) is 0 Å². The van der Waals surface area contributed by atoms with Gasteiger partial charge in [-0.2, -0.15) is 0 Å². The van der Waals surface area contributed by atoms with Gasteiger partial charge in [-0.1, -0.05) is 76.5 Å². The quantitative estimate of drug-likeness (QED) is 0.577. The summed E-state index contributed by atoms with van der Waals surface area (Å²) in [7, 11) is 0. The molecule has 2 rings (SSSR count). The van der Waals surface area contributed by atoms with Crippen LogP contribution in [-0.2, 0) is 0 Å². The largest absolute Gasteiger partial charge is 0.263 e. The molecule has 0 amide bonds. The van der Waals surface area contributed by atoms with E-state index in [2.05, 4.69) is 23.8 Å². The molecular formula is C17H28NS. The molecule has 0 atom stereocenters. The lowest BCUT2D eigenvalue weighted by atomic mass is 9.79. The maximum Gasteiger partial charge on any atom is 0.0372 e. The molecule has 0 aromatic carbocycles. The van der Waals surface area contributed by atoms with Crippen molar-refractivity contribution >= 4 is 11.8 Å². The maximum absolute atomic E-state index is 4.35. The summed E-state index contributed by atoms with van der Waals surface area (Å²) in [6.45, 7) is 2.46. The Hall–Kier alpha value is -0.370. The van der Waals surface area contributed by atoms with Crippen molar-refractivity contribution in [1.82, 2.24) is 5.32 Å². The Morgan fingerprint density at radius 2 is 1.42 bits per heavy atom. The first-order chi connectivity index (χ1) is 9.31. The molecule has 1 heterocycles. The van der Waals surface area contributed by atoms with Gasteiger partial charge < -0.3 is 0 Å². The van der Waals surface area contributed by atoms with Crippen molar-refractivity contribution in [3.05, 3.63) is 22.7 Å². The van der Waals surface area contributed by atoms with Crippen LogP contribution in [0.5, 0.6) is 0 Å². The predicted molar refractivity (Wildman–Crippen MR) is 85.8 cm³/mol. The number of nitrogens with zero attached hydrogens (tertiary/aromatic N) is 1. The van der Waals surface area contributed by atoms with Gasteiger partial charge in [0.2, 0.25) is 0 Å². The van der Waals surface area contributed by atoms with E-state index in [1.807, 2.05) is 18.0 Å². The molecule has 1 fully saturated rings. The Morgan fingerprint density at radius 1 is 0.895 bits per heavy atom. The minimum Gasteiger partial charge on any atom is -0.263 e. The van der Waals surface area contributed by atoms with E-state index in [9.17, 15) is 0 Å². The van der Waals surface area contributed by atoms with Crippen LogP contribution in [0.2, 0.25) is 0 Å². The predicted octanol–water partition coefficient (Wildman–Crippen LogP) is 5.96. The van der Waals surface area contributed by atoms with Crippen LogP contribution in [0.25, 0.3) is 0 Å². The van der Waals surface area contributed by atoms with Gasteiger partial charge in [0.15, 0.2) is 0 Å². The third kappa shape index (κ3) is 4.91. The van der Waals surface area contributed by atoms with Gasteiger partial charge >= 0.3 is 0 Å². The average molecular weight is 278 g/mol. The Balaban J connectivity index is 1.94. The van der Waals surface area contributed by atoms with Crippen LogP contribution < -0.4 is 5.32 Å². The van der Waals surface area contributed by atoms with Gasteiger partial charge in [0.1, 0.15) is 0 Å². The summed E-state index contributed by atoms with van der Waals surface area (Å²) in [4.78, 5) is 1.49. The van der Waals surface area contributed by atoms with Crippen LogP contribution in [0.4, 0.5) is 0 Å². The molecule has 0 aromatic heterocycles. The van der Waals surface area contributed by atoms with E-state index in [0.717, 1.165) is 0 Å². The van der Waals surface area contributed by atoms with Gasteiger partial charge in [-0.3, -0.25) is 5.32 Å². The zero-order valence-corrected chi connectivity index (χ0v) is 13.2. The molecule has 107 valence electrons. The van der Waals surface area contributed by atoms with E-state index in [0.29, 0.717) is 5.41 Å². The van der Waals surface area contributed by atoms with E-state index in [4.69, 9.17) is 0 Å². The molecule has 0 bridgehead atoms. The summed E-state index contributed by atoms with van der Waals surface area (Å²) in [6, 6.07) is 0. The zero-order valence-electron chi connectivity index (χ0n) is 12.4. The Bertz CT molecular complexity index is 307. The molecule has 1 radical (unpaired) electrons. The third-order valence-corrected chi connectivity index (χ3v) is 5.70. The highest BCUT2D eigenvalue weighted by molar-refractivity contribution is 8.05. The van der Waals surface area contributed by atoms with Crippen molar-refractivity contribution in [2.45, 2.75) is 77.6 Å². The van der Waals surface area contributed by atoms with Crippen molar-refractivity contribution in [3.63, 3.8) is 0 Å². The van der Waals surface area contributed by atoms with Gasteiger partial charge in [0.05, 0.1) is 0 Å². The van der Waals surface area contributed by atoms with Crippen molar-refractivity contribution in [1.29, 1.82) is 0 Å². The highest BCUT2D eigenvalue weighted by Gasteiger charge is 2.29. The molecule has 1 aliphatic carbocycles. The fraction of sp³-hybridized carbons (Fsp3) is 0.765. The molecule has 1 nitrogen and oxygen atoms in total. The summed E-state index contributed by atoms with van der Waals surface area (Å²) in [6.07, 6.45) is 19.5. The van der Waals surface area contributed by atoms with Crippen molar-refractivity contribution in [2.75, 3.05) is 0 Å². The molecule has 19 heavy (non-hydrogen) atoms. The lowest BCUT2D eigenvalue weighted by Crippen LogP contribution is -2.19. The van der Waals surface area contributed by atoms with Crippen LogP contribution in [0, 0.1) is 5.41 Å². The second kappa shape index (κ2) is 8.04. The second-order valence-electron chi connectivity index (χ2n) is 6.29. The topological polar surface area (TPSA) is 14.1 Å². The minimum atomic E-state index is 0.373. The molecule has 1 saturated carbocycles. The summed E-state index contributed by atoms with van der Waals surface area (Å²) in [5.74, 6) is 0. The Morgan fingerprint density at radius 3 is 1.89 bits per heavy atom. The molecule has 0 spiro atoms. The first-order valence-corrected chi connectivity index (χ1v) is 8.91. The molecule has 0 N–H and O–H groups in total. The Kier molecular flexibility index (Phi) is 6.36. The summed E-state index contributed by atoms with van der Waals surface area (Å²) in [5, 5.41) is 6.48. The van der Waals surface area contributed by atoms with E-state index >= 15 is 0 Å². The monoisotopic (exact) mass is 278 g/mol. The van der Waals surface area contributed by atoms with Gasteiger partial charge in [-0.05, 0) is 18.2 Å². The lowest BCUT2D eigenvalue weighted by Gasteiger charge is -2.33. The van der Waals surface area contributed by atoms with E-state index in [1.165, 1.54) is 75.5 Å². The highest BCUT2D eigenvalue weighted by Crippen LogP contribution is 2.45. The van der Waals surface area contributed by atoms with Crippen LogP contribution in [0.15, 0.2) is 22.7 Å². The number of hydrogen-bond donors (Lipinski definition) is 0. The number of thioether (sulfide) groups is 1. The SMILES string of the molecule is CC1(C2=C[N]C=CS2)CCCCCCCCCCC1. The number of allylic oxidation sites excluding steroid dienone is 1. The minimum absolute atomic E-state index is 0.373. The van der Waals surface area contributed by atoms with E-state index in [1.54, 1.807) is 0 Å². The number of hydrogen-bond acceptors (Lipinski definition) is 1. The fourth-order valence-electron chi connectivity index (χ4n) is 3.22. The normalized spacial score (nSPS) is 25.6. The van der Waals surface area contributed by atoms with Crippen molar-refractivity contribution < 1.29 is 0 Å². The van der Waals surface area contributed by atoms with Gasteiger partial charge in [-0.25, -0.2) is 0 Å². The molecule has 2 aliphatic rings. The smallest absolute Gasteiger partial charge is 0.0372 e. The molecule has 0 aromatic rings. The van der Waals surface area contributed by atoms with E-state index in [-0.39, 0.29) is 0 Å². The van der Waals surface area contributed by atoms with Crippen LogP contribution >= 0.6 is 11.8 Å². The average Bonchev–Trinajstić information content (AvgIpc) is 2.44. The molecule has 0 unspecified atom stereocenters. The standard InChI is InChI=1S/C17H28NS/c1-17(16-15-18-13-14-19-16)11-9-7-5-3-2-4-6-8-10-12-17/h13-15H,2-12H2,1H3. The van der Waals surface area contributed by atoms with Crippen LogP contribution in [-0.4, -0.2) is 0 Å². The van der Waals surface area contributed by atoms with Gasteiger partial charge in [0.25, 0.3) is 0 Å². The summed E-state index contributed by atoms with van der Waals surface area (Å²) in [5.41, 5.74) is 0.373. The Labute approximate surface area is 123 Å². The lowest BCUT2D eigenvalue weighted by molar-refractivity contribution is 0.316. The van der Waals surface area contributed by atoms with Crippen molar-refractivity contribution in [2.24, 2.45) is 5.41 Å². The first kappa shape index (κ1) is 15.0. The van der Waals surface area contributed by atoms with Gasteiger partial charge in [-0.15, -0.1) is 0 Å². The first-order valence-electron chi connectivity index (χ1n) is 8.04. The maximum atomic E-state index is 4.35. The van der Waals surface area contributed by atoms with E-state index < -0.39 is 0 Å². The van der Waals surface area contributed by atoms with Gasteiger partial charge in [0, 0.05) is 22.7 Å². The molecular weight excluding hydrogens is 250 g/mol. The van der Waals surface area contributed by atoms with Crippen LogP contribution in [0.1, 0.15) is 77.6 Å². The molecule has 2 heteroatoms. The fourth-order valence-corrected chi connectivity index (χ4v) is 4.11. The molecule has 1 aliphatic heterocycles. The summed E-state index contributed by atoms with van der Waals surface area (Å²) < 4.78 is 0. The number of rotatable bonds is 1. The zero-order chi connectivity index (χ0) is 13.4. The second-order valence-corrected chi connectivity index (χ2v) is 7.24. The molecule has 0 saturated heterocycles. The van der Waals surface area contributed by atoms with Crippen molar-refractivity contribution in [3.8, 4) is 0 Å².